The van der Waals surface area contributed by atoms with Crippen molar-refractivity contribution in [3.05, 3.63) is 33.8 Å². The van der Waals surface area contributed by atoms with Crippen LogP contribution in [0.5, 0.6) is 0 Å². The van der Waals surface area contributed by atoms with Crippen LogP contribution in [0.2, 0.25) is 10.0 Å². The highest BCUT2D eigenvalue weighted by Crippen LogP contribution is 2.48. The van der Waals surface area contributed by atoms with Crippen molar-refractivity contribution in [1.82, 2.24) is 5.32 Å². The van der Waals surface area contributed by atoms with Gasteiger partial charge < -0.3 is 5.32 Å². The van der Waals surface area contributed by atoms with Crippen molar-refractivity contribution in [2.45, 2.75) is 32.1 Å². The van der Waals surface area contributed by atoms with Crippen molar-refractivity contribution in [3.63, 3.8) is 0 Å². The number of halogens is 2. The summed E-state index contributed by atoms with van der Waals surface area (Å²) in [6.07, 6.45) is 2.49. The zero-order valence-corrected chi connectivity index (χ0v) is 11.9. The van der Waals surface area contributed by atoms with Gasteiger partial charge in [-0.3, -0.25) is 0 Å². The number of benzene rings is 1. The van der Waals surface area contributed by atoms with Gasteiger partial charge in [-0.05, 0) is 43.0 Å². The molecule has 0 amide bonds. The molecule has 0 radical (unpaired) electrons. The average molecular weight is 272 g/mol. The summed E-state index contributed by atoms with van der Waals surface area (Å²) >= 11 is 12.0. The quantitative estimate of drug-likeness (QED) is 0.844. The third-order valence-corrected chi connectivity index (χ3v) is 4.14. The minimum atomic E-state index is 0.309. The monoisotopic (exact) mass is 271 g/mol. The molecule has 1 fully saturated rings. The molecule has 1 aliphatic rings. The second-order valence-electron chi connectivity index (χ2n) is 5.43. The summed E-state index contributed by atoms with van der Waals surface area (Å²) < 4.78 is 0. The number of hydrogen-bond acceptors (Lipinski definition) is 1. The molecule has 0 aliphatic heterocycles. The molecule has 3 heteroatoms. The molecule has 1 saturated carbocycles. The molecule has 0 aromatic heterocycles. The van der Waals surface area contributed by atoms with Gasteiger partial charge in [-0.15, -0.1) is 0 Å². The Kier molecular flexibility index (Phi) is 4.02. The lowest BCUT2D eigenvalue weighted by atomic mass is 9.96. The Morgan fingerprint density at radius 2 is 1.94 bits per heavy atom. The van der Waals surface area contributed by atoms with Gasteiger partial charge in [0.05, 0.1) is 10.0 Å². The molecule has 2 rings (SSSR count). The first-order valence-corrected chi connectivity index (χ1v) is 6.95. The minimum Gasteiger partial charge on any atom is -0.316 e. The third kappa shape index (κ3) is 3.15. The summed E-state index contributed by atoms with van der Waals surface area (Å²) in [5, 5.41) is 4.85. The molecule has 0 spiro atoms. The number of hydrogen-bond donors (Lipinski definition) is 1. The molecule has 0 heterocycles. The SMILES string of the molecule is CC(C)CNCC1(c2ccc(Cl)c(Cl)c2)CC1. The average Bonchev–Trinajstić information content (AvgIpc) is 3.03. The first kappa shape index (κ1) is 13.2. The van der Waals surface area contributed by atoms with Crippen molar-refractivity contribution in [2.24, 2.45) is 5.92 Å². The Morgan fingerprint density at radius 3 is 2.47 bits per heavy atom. The summed E-state index contributed by atoms with van der Waals surface area (Å²) in [6.45, 7) is 6.57. The van der Waals surface area contributed by atoms with E-state index in [1.165, 1.54) is 18.4 Å². The maximum absolute atomic E-state index is 6.08. The molecule has 0 bridgehead atoms. The van der Waals surface area contributed by atoms with Gasteiger partial charge in [0.15, 0.2) is 0 Å². The Labute approximate surface area is 114 Å². The van der Waals surface area contributed by atoms with Gasteiger partial charge in [0.2, 0.25) is 0 Å². The molecule has 1 nitrogen and oxygen atoms in total. The van der Waals surface area contributed by atoms with Crippen molar-refractivity contribution in [1.29, 1.82) is 0 Å². The van der Waals surface area contributed by atoms with Crippen molar-refractivity contribution in [3.8, 4) is 0 Å². The van der Waals surface area contributed by atoms with E-state index in [4.69, 9.17) is 23.2 Å². The highest BCUT2D eigenvalue weighted by molar-refractivity contribution is 6.42. The van der Waals surface area contributed by atoms with E-state index in [9.17, 15) is 0 Å². The number of nitrogens with one attached hydrogen (secondary N) is 1. The fourth-order valence-corrected chi connectivity index (χ4v) is 2.44. The highest BCUT2D eigenvalue weighted by Gasteiger charge is 2.43. The summed E-state index contributed by atoms with van der Waals surface area (Å²) in [6, 6.07) is 6.04. The maximum atomic E-state index is 6.08. The normalized spacial score (nSPS) is 17.5. The Bertz CT molecular complexity index is 397. The second-order valence-corrected chi connectivity index (χ2v) is 6.25. The predicted octanol–water partition coefficient (Wildman–Crippen LogP) is 4.27. The van der Waals surface area contributed by atoms with Crippen LogP contribution in [0, 0.1) is 5.92 Å². The van der Waals surface area contributed by atoms with E-state index < -0.39 is 0 Å². The number of rotatable bonds is 5. The first-order chi connectivity index (χ1) is 8.03. The Balaban J connectivity index is 2.02. The van der Waals surface area contributed by atoms with Crippen molar-refractivity contribution in [2.75, 3.05) is 13.1 Å². The van der Waals surface area contributed by atoms with E-state index in [0.29, 0.717) is 21.4 Å². The highest BCUT2D eigenvalue weighted by atomic mass is 35.5. The van der Waals surface area contributed by atoms with Gasteiger partial charge >= 0.3 is 0 Å². The summed E-state index contributed by atoms with van der Waals surface area (Å²) in [5.74, 6) is 0.694. The largest absolute Gasteiger partial charge is 0.316 e. The lowest BCUT2D eigenvalue weighted by molar-refractivity contribution is 0.509. The topological polar surface area (TPSA) is 12.0 Å². The van der Waals surface area contributed by atoms with Crippen LogP contribution >= 0.6 is 23.2 Å². The fraction of sp³-hybridized carbons (Fsp3) is 0.571. The van der Waals surface area contributed by atoms with E-state index >= 15 is 0 Å². The van der Waals surface area contributed by atoms with E-state index in [0.717, 1.165) is 13.1 Å². The van der Waals surface area contributed by atoms with Crippen LogP contribution in [0.3, 0.4) is 0 Å². The van der Waals surface area contributed by atoms with Gasteiger partial charge in [-0.25, -0.2) is 0 Å². The zero-order chi connectivity index (χ0) is 12.5. The predicted molar refractivity (Wildman–Crippen MR) is 75.1 cm³/mol. The molecule has 0 saturated heterocycles. The summed E-state index contributed by atoms with van der Waals surface area (Å²) in [4.78, 5) is 0. The standard InChI is InChI=1S/C14H19Cl2N/c1-10(2)8-17-9-14(5-6-14)11-3-4-12(15)13(16)7-11/h3-4,7,10,17H,5-6,8-9H2,1-2H3. The van der Waals surface area contributed by atoms with Crippen molar-refractivity contribution >= 4 is 23.2 Å². The minimum absolute atomic E-state index is 0.309. The van der Waals surface area contributed by atoms with Crippen LogP contribution < -0.4 is 5.32 Å². The zero-order valence-electron chi connectivity index (χ0n) is 10.4. The van der Waals surface area contributed by atoms with Gasteiger partial charge in [-0.1, -0.05) is 43.1 Å². The van der Waals surface area contributed by atoms with Crippen LogP contribution in [0.15, 0.2) is 18.2 Å². The van der Waals surface area contributed by atoms with Gasteiger partial charge in [0, 0.05) is 12.0 Å². The van der Waals surface area contributed by atoms with Crippen LogP contribution in [0.4, 0.5) is 0 Å². The fourth-order valence-electron chi connectivity index (χ4n) is 2.14. The molecular weight excluding hydrogens is 253 g/mol. The lowest BCUT2D eigenvalue weighted by Gasteiger charge is -2.18. The molecular formula is C14H19Cl2N. The molecule has 1 aromatic carbocycles. The molecule has 1 aromatic rings. The van der Waals surface area contributed by atoms with E-state index in [1.54, 1.807) is 0 Å². The molecule has 94 valence electrons. The molecule has 0 atom stereocenters. The van der Waals surface area contributed by atoms with E-state index in [1.807, 2.05) is 12.1 Å². The Hall–Kier alpha value is -0.240. The molecule has 1 aliphatic carbocycles. The summed E-state index contributed by atoms with van der Waals surface area (Å²) in [5.41, 5.74) is 1.63. The van der Waals surface area contributed by atoms with Crippen LogP contribution in [0.1, 0.15) is 32.3 Å². The molecule has 1 N–H and O–H groups in total. The van der Waals surface area contributed by atoms with Gasteiger partial charge in [-0.2, -0.15) is 0 Å². The second kappa shape index (κ2) is 5.17. The third-order valence-electron chi connectivity index (χ3n) is 3.40. The van der Waals surface area contributed by atoms with Gasteiger partial charge in [0.25, 0.3) is 0 Å². The smallest absolute Gasteiger partial charge is 0.0595 e. The van der Waals surface area contributed by atoms with E-state index in [2.05, 4.69) is 25.2 Å². The van der Waals surface area contributed by atoms with Crippen LogP contribution in [-0.4, -0.2) is 13.1 Å². The molecule has 17 heavy (non-hydrogen) atoms. The van der Waals surface area contributed by atoms with Crippen molar-refractivity contribution < 1.29 is 0 Å². The molecule has 0 unspecified atom stereocenters. The van der Waals surface area contributed by atoms with E-state index in [-0.39, 0.29) is 0 Å². The van der Waals surface area contributed by atoms with Crippen LogP contribution in [0.25, 0.3) is 0 Å². The van der Waals surface area contributed by atoms with Gasteiger partial charge in [0.1, 0.15) is 0 Å². The van der Waals surface area contributed by atoms with Crippen LogP contribution in [-0.2, 0) is 5.41 Å². The lowest BCUT2D eigenvalue weighted by Crippen LogP contribution is -2.29. The maximum Gasteiger partial charge on any atom is 0.0595 e. The summed E-state index contributed by atoms with van der Waals surface area (Å²) in [7, 11) is 0. The Morgan fingerprint density at radius 1 is 1.24 bits per heavy atom. The first-order valence-electron chi connectivity index (χ1n) is 6.20.